The molecule has 15 nitrogen and oxygen atoms in total. The predicted molar refractivity (Wildman–Crippen MR) is 190 cm³/mol. The van der Waals surface area contributed by atoms with Crippen LogP contribution in [0.5, 0.6) is 5.75 Å². The average molecular weight is 719 g/mol. The molecule has 5 heterocycles. The van der Waals surface area contributed by atoms with Crippen molar-refractivity contribution in [2.75, 3.05) is 60.9 Å². The van der Waals surface area contributed by atoms with Crippen LogP contribution in [0.2, 0.25) is 0 Å². The number of nitrogens with zero attached hydrogens (tertiary/aromatic N) is 6. The smallest absolute Gasteiger partial charge is 0.415 e. The number of cyclic esters (lactones) is 1. The number of hydrogen-bond donors (Lipinski definition) is 0. The highest BCUT2D eigenvalue weighted by molar-refractivity contribution is 5.91. The average Bonchev–Trinajstić information content (AvgIpc) is 3.43. The van der Waals surface area contributed by atoms with Crippen molar-refractivity contribution in [3.05, 3.63) is 56.9 Å². The lowest BCUT2D eigenvalue weighted by Gasteiger charge is -2.35. The van der Waals surface area contributed by atoms with Gasteiger partial charge in [0.05, 0.1) is 35.6 Å². The van der Waals surface area contributed by atoms with Gasteiger partial charge in [0.2, 0.25) is 5.60 Å². The molecule has 0 radical (unpaired) electrons. The third kappa shape index (κ3) is 6.94. The number of rotatable bonds is 7. The van der Waals surface area contributed by atoms with Gasteiger partial charge in [0.15, 0.2) is 0 Å². The molecule has 0 unspecified atom stereocenters. The molecule has 0 spiro atoms. The largest absolute Gasteiger partial charge is 0.457 e. The van der Waals surface area contributed by atoms with E-state index in [4.69, 9.17) is 23.9 Å². The standard InChI is InChI=1S/C37H46N6O9/c1-9-37(51-30(44)20-40(7)8)26-17-28-31-22(18-43(28)32(45)25(26)21-49-33(37)46)16-23-24(19-39(5)6)29(11-10-27(23)38-31)50-34(47)41-12-14-42(15-13-41)35(48)52-36(2,3)4/h10-11,16-17H,9,12-15,18-21H2,1-8H3/t37-/m0/s1. The third-order valence-electron chi connectivity index (χ3n) is 9.32. The molecule has 1 aromatic carbocycles. The summed E-state index contributed by atoms with van der Waals surface area (Å²) in [6, 6.07) is 7.18. The monoisotopic (exact) mass is 718 g/mol. The maximum Gasteiger partial charge on any atom is 0.415 e. The summed E-state index contributed by atoms with van der Waals surface area (Å²) < 4.78 is 24.3. The van der Waals surface area contributed by atoms with Crippen molar-refractivity contribution in [2.24, 2.45) is 0 Å². The van der Waals surface area contributed by atoms with Gasteiger partial charge in [-0.25, -0.2) is 19.4 Å². The van der Waals surface area contributed by atoms with Crippen LogP contribution in [0.3, 0.4) is 0 Å². The SMILES string of the molecule is CC[C@@]1(OC(=O)CN(C)C)C(=O)OCc2c1cc1n(c2=O)Cc2cc3c(CN(C)C)c(OC(=O)N4CCN(C(=O)OC(C)(C)C)CC4)ccc3nc2-1. The van der Waals surface area contributed by atoms with E-state index >= 15 is 0 Å². The first kappa shape index (κ1) is 36.8. The lowest BCUT2D eigenvalue weighted by atomic mass is 9.85. The number of carbonyl (C=O) groups excluding carboxylic acids is 4. The summed E-state index contributed by atoms with van der Waals surface area (Å²) in [5, 5.41) is 0.761. The second-order valence-electron chi connectivity index (χ2n) is 14.9. The fourth-order valence-electron chi connectivity index (χ4n) is 6.86. The van der Waals surface area contributed by atoms with E-state index in [0.29, 0.717) is 60.9 Å². The molecule has 3 aliphatic heterocycles. The van der Waals surface area contributed by atoms with Gasteiger partial charge in [-0.05, 0) is 79.6 Å². The molecular weight excluding hydrogens is 672 g/mol. The maximum atomic E-state index is 14.0. The minimum atomic E-state index is -1.77. The van der Waals surface area contributed by atoms with E-state index in [1.807, 2.05) is 45.8 Å². The molecule has 1 saturated heterocycles. The second-order valence-corrected chi connectivity index (χ2v) is 14.9. The number of likely N-dealkylation sites (N-methyl/N-ethyl adjacent to an activating group) is 1. The van der Waals surface area contributed by atoms with E-state index in [1.54, 1.807) is 58.5 Å². The Morgan fingerprint density at radius 1 is 0.962 bits per heavy atom. The fourth-order valence-corrected chi connectivity index (χ4v) is 6.86. The number of pyridine rings is 2. The van der Waals surface area contributed by atoms with Crippen LogP contribution < -0.4 is 10.3 Å². The summed E-state index contributed by atoms with van der Waals surface area (Å²) in [4.78, 5) is 77.8. The van der Waals surface area contributed by atoms with Crippen LogP contribution in [0.1, 0.15) is 56.4 Å². The first-order chi connectivity index (χ1) is 24.5. The molecule has 0 aliphatic carbocycles. The van der Waals surface area contributed by atoms with Gasteiger partial charge in [-0.3, -0.25) is 14.5 Å². The van der Waals surface area contributed by atoms with Gasteiger partial charge < -0.3 is 38.2 Å². The van der Waals surface area contributed by atoms with E-state index in [1.165, 1.54) is 0 Å². The Hall–Kier alpha value is -5.02. The van der Waals surface area contributed by atoms with Crippen LogP contribution in [-0.2, 0) is 49.1 Å². The maximum absolute atomic E-state index is 14.0. The van der Waals surface area contributed by atoms with Gasteiger partial charge in [0.1, 0.15) is 18.0 Å². The molecule has 6 rings (SSSR count). The molecule has 2 aromatic heterocycles. The van der Waals surface area contributed by atoms with Crippen molar-refractivity contribution in [3.8, 4) is 17.1 Å². The van der Waals surface area contributed by atoms with E-state index in [2.05, 4.69) is 0 Å². The molecule has 52 heavy (non-hydrogen) atoms. The normalized spacial score (nSPS) is 18.2. The molecule has 278 valence electrons. The minimum Gasteiger partial charge on any atom is -0.457 e. The van der Waals surface area contributed by atoms with Crippen LogP contribution in [0.15, 0.2) is 29.1 Å². The van der Waals surface area contributed by atoms with Gasteiger partial charge >= 0.3 is 24.1 Å². The Morgan fingerprint density at radius 3 is 2.25 bits per heavy atom. The zero-order valence-electron chi connectivity index (χ0n) is 31.0. The van der Waals surface area contributed by atoms with E-state index < -0.39 is 35.3 Å². The van der Waals surface area contributed by atoms with Gasteiger partial charge in [0, 0.05) is 54.8 Å². The zero-order chi connectivity index (χ0) is 37.7. The summed E-state index contributed by atoms with van der Waals surface area (Å²) in [6.45, 7) is 8.76. The van der Waals surface area contributed by atoms with Crippen molar-refractivity contribution >= 4 is 35.0 Å². The Balaban J connectivity index is 1.32. The summed E-state index contributed by atoms with van der Waals surface area (Å²) in [6.07, 6.45) is -0.861. The number of piperazine rings is 1. The molecule has 3 aliphatic rings. The predicted octanol–water partition coefficient (Wildman–Crippen LogP) is 3.31. The highest BCUT2D eigenvalue weighted by atomic mass is 16.6. The van der Waals surface area contributed by atoms with E-state index in [-0.39, 0.29) is 37.2 Å². The van der Waals surface area contributed by atoms with Gasteiger partial charge in [-0.1, -0.05) is 6.92 Å². The molecule has 3 aromatic rings. The number of hydrogen-bond acceptors (Lipinski definition) is 12. The number of fused-ring (bicyclic) bond motifs is 5. The summed E-state index contributed by atoms with van der Waals surface area (Å²) in [5.41, 5.74) is 1.06. The van der Waals surface area contributed by atoms with Crippen molar-refractivity contribution in [1.29, 1.82) is 0 Å². The molecule has 1 atom stereocenters. The molecule has 0 N–H and O–H groups in total. The number of ether oxygens (including phenoxy) is 4. The van der Waals surface area contributed by atoms with Gasteiger partial charge in [-0.15, -0.1) is 0 Å². The zero-order valence-corrected chi connectivity index (χ0v) is 31.0. The van der Waals surface area contributed by atoms with Crippen LogP contribution in [0, 0.1) is 0 Å². The fraction of sp³-hybridized carbons (Fsp3) is 0.514. The van der Waals surface area contributed by atoms with Gasteiger partial charge in [0.25, 0.3) is 5.56 Å². The second kappa shape index (κ2) is 13.8. The number of amides is 2. The van der Waals surface area contributed by atoms with Crippen molar-refractivity contribution in [1.82, 2.24) is 29.2 Å². The number of esters is 2. The van der Waals surface area contributed by atoms with Gasteiger partial charge in [-0.2, -0.15) is 0 Å². The molecular formula is C37H46N6O9. The Bertz CT molecular complexity index is 2010. The number of aromatic nitrogens is 2. The summed E-state index contributed by atoms with van der Waals surface area (Å²) in [7, 11) is 7.26. The topological polar surface area (TPSA) is 153 Å². The number of benzene rings is 1. The third-order valence-corrected chi connectivity index (χ3v) is 9.32. The quantitative estimate of drug-likeness (QED) is 0.204. The van der Waals surface area contributed by atoms with Crippen molar-refractivity contribution in [2.45, 2.75) is 65.0 Å². The van der Waals surface area contributed by atoms with Crippen molar-refractivity contribution < 1.29 is 38.1 Å². The Labute approximate surface area is 301 Å². The molecule has 2 amide bonds. The first-order valence-electron chi connectivity index (χ1n) is 17.4. The van der Waals surface area contributed by atoms with Crippen LogP contribution in [-0.4, -0.2) is 120 Å². The van der Waals surface area contributed by atoms with E-state index in [9.17, 15) is 24.0 Å². The lowest BCUT2D eigenvalue weighted by molar-refractivity contribution is -0.189. The lowest BCUT2D eigenvalue weighted by Crippen LogP contribution is -2.52. The Kier molecular flexibility index (Phi) is 9.79. The minimum absolute atomic E-state index is 0.0536. The van der Waals surface area contributed by atoms with Crippen molar-refractivity contribution in [3.63, 3.8) is 0 Å². The summed E-state index contributed by atoms with van der Waals surface area (Å²) in [5.74, 6) is -0.952. The van der Waals surface area contributed by atoms with E-state index in [0.717, 1.165) is 16.5 Å². The molecule has 1 fully saturated rings. The highest BCUT2D eigenvalue weighted by Crippen LogP contribution is 2.42. The first-order valence-corrected chi connectivity index (χ1v) is 17.4. The molecule has 0 bridgehead atoms. The van der Waals surface area contributed by atoms with Crippen LogP contribution in [0.4, 0.5) is 9.59 Å². The van der Waals surface area contributed by atoms with Crippen LogP contribution in [0.25, 0.3) is 22.3 Å². The number of carbonyl (C=O) groups is 4. The van der Waals surface area contributed by atoms with Crippen LogP contribution >= 0.6 is 0 Å². The molecule has 15 heteroatoms. The summed E-state index contributed by atoms with van der Waals surface area (Å²) >= 11 is 0. The molecule has 0 saturated carbocycles. The highest BCUT2D eigenvalue weighted by Gasteiger charge is 2.50. The Morgan fingerprint density at radius 2 is 1.63 bits per heavy atom.